The number of likely N-dealkylation sites (tertiary alicyclic amines) is 1. The lowest BCUT2D eigenvalue weighted by Crippen LogP contribution is -2.47. The third-order valence-corrected chi connectivity index (χ3v) is 5.59. The largest absolute Gasteiger partial charge is 0.351 e. The number of carbonyl (C=O) groups is 3. The molecule has 4 N–H and O–H groups in total. The molecule has 2 atom stereocenters. The average Bonchev–Trinajstić information content (AvgIpc) is 3.36. The fraction of sp³-hybridized carbons (Fsp3) is 0.273. The second-order valence-corrected chi connectivity index (χ2v) is 7.81. The number of aromatic nitrogens is 2. The van der Waals surface area contributed by atoms with Crippen molar-refractivity contribution in [2.45, 2.75) is 32.1 Å². The molecule has 0 unspecified atom stereocenters. The van der Waals surface area contributed by atoms with Gasteiger partial charge in [-0.3, -0.25) is 14.3 Å². The highest BCUT2D eigenvalue weighted by molar-refractivity contribution is 6.05. The molecule has 9 nitrogen and oxygen atoms in total. The first-order chi connectivity index (χ1) is 15.8. The quantitative estimate of drug-likeness (QED) is 0.559. The maximum absolute atomic E-state index is 14.2. The number of nitrogens with two attached hydrogens (primary N) is 1. The SMILES string of the molecule is Cc1ccnc(CNC(=O)[C@@H]2C[C@@H](F)CN2C(=O)Nc2cn(C(N)=O)c3ccccc23)c1F. The fourth-order valence-corrected chi connectivity index (χ4v) is 3.91. The van der Waals surface area contributed by atoms with Crippen LogP contribution in [0.4, 0.5) is 24.1 Å². The lowest BCUT2D eigenvalue weighted by molar-refractivity contribution is -0.124. The van der Waals surface area contributed by atoms with E-state index in [1.807, 2.05) is 0 Å². The maximum Gasteiger partial charge on any atom is 0.323 e. The number of rotatable bonds is 4. The molecule has 33 heavy (non-hydrogen) atoms. The van der Waals surface area contributed by atoms with Crippen LogP contribution in [0.25, 0.3) is 10.9 Å². The second kappa shape index (κ2) is 8.85. The van der Waals surface area contributed by atoms with Crippen molar-refractivity contribution in [2.24, 2.45) is 5.73 Å². The van der Waals surface area contributed by atoms with Crippen molar-refractivity contribution in [3.05, 3.63) is 59.8 Å². The number of primary amides is 1. The topological polar surface area (TPSA) is 122 Å². The van der Waals surface area contributed by atoms with Crippen LogP contribution in [0, 0.1) is 12.7 Å². The molecule has 0 aliphatic carbocycles. The van der Waals surface area contributed by atoms with Crippen LogP contribution in [-0.4, -0.2) is 51.2 Å². The maximum atomic E-state index is 14.2. The van der Waals surface area contributed by atoms with Gasteiger partial charge < -0.3 is 21.3 Å². The molecule has 1 aromatic carbocycles. The highest BCUT2D eigenvalue weighted by atomic mass is 19.1. The summed E-state index contributed by atoms with van der Waals surface area (Å²) in [4.78, 5) is 42.4. The number of alkyl halides is 1. The van der Waals surface area contributed by atoms with Gasteiger partial charge in [0, 0.05) is 24.2 Å². The lowest BCUT2D eigenvalue weighted by Gasteiger charge is -2.23. The summed E-state index contributed by atoms with van der Waals surface area (Å²) >= 11 is 0. The van der Waals surface area contributed by atoms with Crippen molar-refractivity contribution in [1.29, 1.82) is 0 Å². The van der Waals surface area contributed by atoms with Gasteiger partial charge in [0.1, 0.15) is 18.0 Å². The molecule has 1 saturated heterocycles. The third-order valence-electron chi connectivity index (χ3n) is 5.59. The number of aryl methyl sites for hydroxylation is 1. The molecule has 1 aliphatic heterocycles. The molecule has 2 aromatic heterocycles. The van der Waals surface area contributed by atoms with Crippen LogP contribution in [0.5, 0.6) is 0 Å². The van der Waals surface area contributed by atoms with E-state index in [9.17, 15) is 23.2 Å². The molecular weight excluding hydrogens is 434 g/mol. The first-order valence-electron chi connectivity index (χ1n) is 10.3. The van der Waals surface area contributed by atoms with E-state index in [0.29, 0.717) is 22.2 Å². The van der Waals surface area contributed by atoms with Gasteiger partial charge in [-0.05, 0) is 24.6 Å². The van der Waals surface area contributed by atoms with E-state index < -0.39 is 36.0 Å². The fourth-order valence-electron chi connectivity index (χ4n) is 3.91. The Morgan fingerprint density at radius 2 is 2.00 bits per heavy atom. The van der Waals surface area contributed by atoms with E-state index in [2.05, 4.69) is 15.6 Å². The minimum Gasteiger partial charge on any atom is -0.351 e. The predicted octanol–water partition coefficient (Wildman–Crippen LogP) is 2.67. The van der Waals surface area contributed by atoms with Crippen LogP contribution in [0.1, 0.15) is 17.7 Å². The van der Waals surface area contributed by atoms with Gasteiger partial charge in [-0.15, -0.1) is 0 Å². The van der Waals surface area contributed by atoms with E-state index in [4.69, 9.17) is 5.73 Å². The zero-order valence-corrected chi connectivity index (χ0v) is 17.7. The zero-order valence-electron chi connectivity index (χ0n) is 17.7. The molecule has 1 fully saturated rings. The number of pyridine rings is 1. The molecule has 11 heteroatoms. The minimum absolute atomic E-state index is 0.0495. The molecule has 3 heterocycles. The molecule has 0 spiro atoms. The Labute approximate surface area is 187 Å². The Bertz CT molecular complexity index is 1240. The first kappa shape index (κ1) is 22.2. The highest BCUT2D eigenvalue weighted by Gasteiger charge is 2.40. The van der Waals surface area contributed by atoms with Crippen molar-refractivity contribution in [2.75, 3.05) is 11.9 Å². The Balaban J connectivity index is 1.50. The van der Waals surface area contributed by atoms with Crippen molar-refractivity contribution in [1.82, 2.24) is 19.8 Å². The van der Waals surface area contributed by atoms with Gasteiger partial charge in [0.25, 0.3) is 0 Å². The smallest absolute Gasteiger partial charge is 0.323 e. The van der Waals surface area contributed by atoms with E-state index in [-0.39, 0.29) is 25.2 Å². The van der Waals surface area contributed by atoms with Gasteiger partial charge in [0.15, 0.2) is 0 Å². The summed E-state index contributed by atoms with van der Waals surface area (Å²) in [6.07, 6.45) is 1.21. The summed E-state index contributed by atoms with van der Waals surface area (Å²) < 4.78 is 29.5. The summed E-state index contributed by atoms with van der Waals surface area (Å²) in [6.45, 7) is 1.10. The second-order valence-electron chi connectivity index (χ2n) is 7.81. The van der Waals surface area contributed by atoms with Crippen LogP contribution in [0.2, 0.25) is 0 Å². The monoisotopic (exact) mass is 456 g/mol. The molecule has 3 aromatic rings. The Kier molecular flexibility index (Phi) is 5.95. The molecule has 1 aliphatic rings. The first-order valence-corrected chi connectivity index (χ1v) is 10.3. The summed E-state index contributed by atoms with van der Waals surface area (Å²) in [7, 11) is 0. The summed E-state index contributed by atoms with van der Waals surface area (Å²) in [5.74, 6) is -1.15. The van der Waals surface area contributed by atoms with Crippen LogP contribution < -0.4 is 16.4 Å². The summed E-state index contributed by atoms with van der Waals surface area (Å²) in [5, 5.41) is 5.73. The number of fused-ring (bicyclic) bond motifs is 1. The van der Waals surface area contributed by atoms with Gasteiger partial charge in [-0.1, -0.05) is 18.2 Å². The van der Waals surface area contributed by atoms with Gasteiger partial charge in [0.05, 0.1) is 30.0 Å². The van der Waals surface area contributed by atoms with E-state index >= 15 is 0 Å². The predicted molar refractivity (Wildman–Crippen MR) is 117 cm³/mol. The number of halogens is 2. The standard InChI is InChI=1S/C22H22F2N6O3/c1-12-6-7-26-15(19(12)24)9-27-20(31)18-8-13(23)10-30(18)22(33)28-16-11-29(21(25)32)17-5-3-2-4-14(16)17/h2-7,11,13,18H,8-10H2,1H3,(H2,25,32)(H,27,31)(H,28,33)/t13-,18+/m1/s1. The van der Waals surface area contributed by atoms with Crippen molar-refractivity contribution < 1.29 is 23.2 Å². The number of benzene rings is 1. The molecule has 4 rings (SSSR count). The average molecular weight is 456 g/mol. The van der Waals surface area contributed by atoms with Crippen LogP contribution in [0.3, 0.4) is 0 Å². The van der Waals surface area contributed by atoms with Crippen molar-refractivity contribution >= 4 is 34.6 Å². The van der Waals surface area contributed by atoms with Crippen LogP contribution in [0.15, 0.2) is 42.7 Å². The third kappa shape index (κ3) is 4.34. The number of para-hydroxylation sites is 1. The van der Waals surface area contributed by atoms with Crippen molar-refractivity contribution in [3.8, 4) is 0 Å². The van der Waals surface area contributed by atoms with Gasteiger partial charge in [0.2, 0.25) is 5.91 Å². The number of hydrogen-bond donors (Lipinski definition) is 3. The number of hydrogen-bond acceptors (Lipinski definition) is 4. The molecule has 0 saturated carbocycles. The molecule has 4 amide bonds. The van der Waals surface area contributed by atoms with E-state index in [1.54, 1.807) is 31.2 Å². The highest BCUT2D eigenvalue weighted by Crippen LogP contribution is 2.28. The number of anilines is 1. The number of nitrogens with zero attached hydrogens (tertiary/aromatic N) is 3. The lowest BCUT2D eigenvalue weighted by atomic mass is 10.2. The Hall–Kier alpha value is -4.02. The van der Waals surface area contributed by atoms with Gasteiger partial charge in [-0.25, -0.2) is 18.4 Å². The molecule has 0 bridgehead atoms. The van der Waals surface area contributed by atoms with Gasteiger partial charge in [-0.2, -0.15) is 0 Å². The summed E-state index contributed by atoms with van der Waals surface area (Å²) in [6, 6.07) is 5.79. The zero-order chi connectivity index (χ0) is 23.7. The number of carbonyl (C=O) groups excluding carboxylic acids is 3. The number of urea groups is 1. The van der Waals surface area contributed by atoms with Crippen LogP contribution >= 0.6 is 0 Å². The Morgan fingerprint density at radius 1 is 1.24 bits per heavy atom. The minimum atomic E-state index is -1.40. The normalized spacial score (nSPS) is 17.8. The summed E-state index contributed by atoms with van der Waals surface area (Å²) in [5.41, 5.74) is 6.61. The Morgan fingerprint density at radius 3 is 2.76 bits per heavy atom. The van der Waals surface area contributed by atoms with Gasteiger partial charge >= 0.3 is 12.1 Å². The van der Waals surface area contributed by atoms with Crippen molar-refractivity contribution in [3.63, 3.8) is 0 Å². The number of amides is 4. The molecule has 0 radical (unpaired) electrons. The van der Waals surface area contributed by atoms with Crippen LogP contribution in [-0.2, 0) is 11.3 Å². The number of nitrogens with one attached hydrogen (secondary N) is 2. The molecular formula is C22H22F2N6O3. The van der Waals surface area contributed by atoms with E-state index in [1.165, 1.54) is 23.0 Å². The van der Waals surface area contributed by atoms with E-state index in [0.717, 1.165) is 4.90 Å². The molecule has 172 valence electrons.